The van der Waals surface area contributed by atoms with E-state index in [1.165, 1.54) is 44.3 Å². The van der Waals surface area contributed by atoms with Crippen molar-refractivity contribution in [3.05, 3.63) is 33.3 Å². The van der Waals surface area contributed by atoms with Crippen LogP contribution in [0.4, 0.5) is 0 Å². The Morgan fingerprint density at radius 3 is 2.25 bits per heavy atom. The first-order valence-corrected chi connectivity index (χ1v) is 10.3. The lowest BCUT2D eigenvalue weighted by Crippen LogP contribution is -1.89. The third-order valence-electron chi connectivity index (χ3n) is 3.26. The first-order chi connectivity index (χ1) is 9.69. The lowest BCUT2D eigenvalue weighted by atomic mass is 10.1. The van der Waals surface area contributed by atoms with Gasteiger partial charge in [-0.1, -0.05) is 78.2 Å². The first kappa shape index (κ1) is 18.7. The van der Waals surface area contributed by atoms with Gasteiger partial charge in [0.2, 0.25) is 0 Å². The molecule has 0 amide bonds. The van der Waals surface area contributed by atoms with E-state index in [1.54, 1.807) is 0 Å². The smallest absolute Gasteiger partial charge is 0.0450 e. The maximum atomic E-state index is 6.28. The van der Waals surface area contributed by atoms with Crippen LogP contribution in [0, 0.1) is 0 Å². The van der Waals surface area contributed by atoms with E-state index in [9.17, 15) is 0 Å². The van der Waals surface area contributed by atoms with Crippen molar-refractivity contribution in [2.45, 2.75) is 56.5 Å². The molecule has 0 aromatic heterocycles. The summed E-state index contributed by atoms with van der Waals surface area (Å²) in [7, 11) is 0. The van der Waals surface area contributed by atoms with Crippen LogP contribution in [0.15, 0.2) is 12.1 Å². The van der Waals surface area contributed by atoms with E-state index in [4.69, 9.17) is 23.2 Å². The molecule has 0 radical (unpaired) electrons. The number of unbranched alkanes of at least 4 members (excludes halogenated alkanes) is 5. The summed E-state index contributed by atoms with van der Waals surface area (Å²) < 4.78 is 0. The van der Waals surface area contributed by atoms with Crippen molar-refractivity contribution in [3.63, 3.8) is 0 Å². The predicted molar refractivity (Wildman–Crippen MR) is 98.6 cm³/mol. The highest BCUT2D eigenvalue weighted by Crippen LogP contribution is 2.29. The van der Waals surface area contributed by atoms with Gasteiger partial charge in [0.15, 0.2) is 0 Å². The Balaban J connectivity index is 2.23. The molecule has 0 heterocycles. The van der Waals surface area contributed by atoms with Gasteiger partial charge in [-0.3, -0.25) is 0 Å². The molecule has 0 fully saturated rings. The quantitative estimate of drug-likeness (QED) is 0.291. The maximum Gasteiger partial charge on any atom is 0.0450 e. The summed E-state index contributed by atoms with van der Waals surface area (Å²) in [5.41, 5.74) is 2.21. The lowest BCUT2D eigenvalue weighted by Gasteiger charge is -2.08. The zero-order chi connectivity index (χ0) is 14.8. The van der Waals surface area contributed by atoms with Gasteiger partial charge in [0, 0.05) is 21.1 Å². The molecule has 0 bridgehead atoms. The Bertz CT molecular complexity index is 396. The molecular weight excluding hydrogens is 375 g/mol. The van der Waals surface area contributed by atoms with Crippen LogP contribution in [0.1, 0.15) is 56.6 Å². The second kappa shape index (κ2) is 11.2. The van der Waals surface area contributed by atoms with Crippen LogP contribution in [0.3, 0.4) is 0 Å². The molecule has 114 valence electrons. The number of hydrogen-bond acceptors (Lipinski definition) is 1. The average molecular weight is 398 g/mol. The number of alkyl halides is 1. The standard InChI is InChI=1S/C16H23BrCl2S/c1-2-3-4-5-6-7-8-20-12-14-10-15(18)13(11-17)9-16(14)19/h9-10H,2-8,11-12H2,1H3. The zero-order valence-corrected chi connectivity index (χ0v) is 16.0. The summed E-state index contributed by atoms with van der Waals surface area (Å²) >= 11 is 17.9. The summed E-state index contributed by atoms with van der Waals surface area (Å²) in [6.45, 7) is 2.26. The lowest BCUT2D eigenvalue weighted by molar-refractivity contribution is 0.627. The number of benzene rings is 1. The van der Waals surface area contributed by atoms with Crippen LogP contribution in [0.5, 0.6) is 0 Å². The molecule has 0 N–H and O–H groups in total. The Morgan fingerprint density at radius 1 is 0.950 bits per heavy atom. The highest BCUT2D eigenvalue weighted by Gasteiger charge is 2.06. The first-order valence-electron chi connectivity index (χ1n) is 7.29. The van der Waals surface area contributed by atoms with E-state index in [0.29, 0.717) is 0 Å². The van der Waals surface area contributed by atoms with Crippen LogP contribution in [-0.4, -0.2) is 5.75 Å². The molecule has 0 spiro atoms. The van der Waals surface area contributed by atoms with Crippen molar-refractivity contribution in [2.75, 3.05) is 5.75 Å². The molecule has 0 aliphatic carbocycles. The van der Waals surface area contributed by atoms with Gasteiger partial charge in [0.1, 0.15) is 0 Å². The molecule has 0 atom stereocenters. The zero-order valence-electron chi connectivity index (χ0n) is 12.1. The fourth-order valence-corrected chi connectivity index (χ4v) is 4.23. The molecule has 0 saturated heterocycles. The minimum absolute atomic E-state index is 0.747. The van der Waals surface area contributed by atoms with Gasteiger partial charge in [0.05, 0.1) is 0 Å². The Hall–Kier alpha value is 0.630. The summed E-state index contributed by atoms with van der Waals surface area (Å²) in [5, 5.41) is 2.39. The van der Waals surface area contributed by atoms with Crippen LogP contribution in [-0.2, 0) is 11.1 Å². The average Bonchev–Trinajstić information content (AvgIpc) is 2.44. The Kier molecular flexibility index (Phi) is 10.5. The SMILES string of the molecule is CCCCCCCCSCc1cc(Cl)c(CBr)cc1Cl. The summed E-state index contributed by atoms with van der Waals surface area (Å²) in [5.74, 6) is 2.16. The molecule has 0 unspecified atom stereocenters. The van der Waals surface area contributed by atoms with Gasteiger partial charge in [-0.25, -0.2) is 0 Å². The van der Waals surface area contributed by atoms with Crippen LogP contribution < -0.4 is 0 Å². The minimum Gasteiger partial charge on any atom is -0.157 e. The Labute approximate surface area is 146 Å². The van der Waals surface area contributed by atoms with Gasteiger partial charge < -0.3 is 0 Å². The van der Waals surface area contributed by atoms with E-state index in [2.05, 4.69) is 22.9 Å². The summed E-state index contributed by atoms with van der Waals surface area (Å²) in [6, 6.07) is 3.98. The van der Waals surface area contributed by atoms with E-state index in [1.807, 2.05) is 23.9 Å². The third kappa shape index (κ3) is 7.06. The maximum absolute atomic E-state index is 6.28. The molecule has 0 nitrogen and oxygen atoms in total. The van der Waals surface area contributed by atoms with Gasteiger partial charge >= 0.3 is 0 Å². The van der Waals surface area contributed by atoms with E-state index < -0.39 is 0 Å². The number of thioether (sulfide) groups is 1. The largest absolute Gasteiger partial charge is 0.157 e. The molecule has 1 aromatic rings. The molecule has 0 saturated carbocycles. The normalized spacial score (nSPS) is 11.0. The van der Waals surface area contributed by atoms with Gasteiger partial charge in [-0.2, -0.15) is 11.8 Å². The van der Waals surface area contributed by atoms with Crippen LogP contribution >= 0.6 is 50.9 Å². The molecule has 20 heavy (non-hydrogen) atoms. The second-order valence-electron chi connectivity index (χ2n) is 4.99. The monoisotopic (exact) mass is 396 g/mol. The number of halogens is 3. The van der Waals surface area contributed by atoms with Crippen molar-refractivity contribution in [1.29, 1.82) is 0 Å². The fraction of sp³-hybridized carbons (Fsp3) is 0.625. The van der Waals surface area contributed by atoms with Crippen molar-refractivity contribution in [3.8, 4) is 0 Å². The molecule has 4 heteroatoms. The van der Waals surface area contributed by atoms with Crippen molar-refractivity contribution < 1.29 is 0 Å². The minimum atomic E-state index is 0.747. The number of hydrogen-bond donors (Lipinski definition) is 0. The molecule has 1 aromatic carbocycles. The van der Waals surface area contributed by atoms with Gasteiger partial charge in [0.25, 0.3) is 0 Å². The topological polar surface area (TPSA) is 0 Å². The van der Waals surface area contributed by atoms with E-state index >= 15 is 0 Å². The van der Waals surface area contributed by atoms with Crippen molar-refractivity contribution in [2.24, 2.45) is 0 Å². The Morgan fingerprint density at radius 2 is 1.55 bits per heavy atom. The highest BCUT2D eigenvalue weighted by molar-refractivity contribution is 9.08. The van der Waals surface area contributed by atoms with Gasteiger partial charge in [-0.15, -0.1) is 0 Å². The van der Waals surface area contributed by atoms with Crippen molar-refractivity contribution in [1.82, 2.24) is 0 Å². The second-order valence-corrected chi connectivity index (χ2v) is 7.47. The fourth-order valence-electron chi connectivity index (χ4n) is 2.01. The summed E-state index contributed by atoms with van der Waals surface area (Å²) in [4.78, 5) is 0. The van der Waals surface area contributed by atoms with E-state index in [0.717, 1.165) is 32.3 Å². The van der Waals surface area contributed by atoms with Crippen LogP contribution in [0.25, 0.3) is 0 Å². The molecule has 0 aliphatic rings. The molecule has 1 rings (SSSR count). The van der Waals surface area contributed by atoms with Crippen LogP contribution in [0.2, 0.25) is 10.0 Å². The number of rotatable bonds is 10. The molecular formula is C16H23BrCl2S. The van der Waals surface area contributed by atoms with Gasteiger partial charge in [-0.05, 0) is 35.4 Å². The predicted octanol–water partition coefficient (Wildman–Crippen LogP) is 7.48. The van der Waals surface area contributed by atoms with Crippen molar-refractivity contribution >= 4 is 50.9 Å². The van der Waals surface area contributed by atoms with E-state index in [-0.39, 0.29) is 0 Å². The summed E-state index contributed by atoms with van der Waals surface area (Å²) in [6.07, 6.45) is 8.11. The highest BCUT2D eigenvalue weighted by atomic mass is 79.9. The third-order valence-corrected chi connectivity index (χ3v) is 5.66. The molecule has 0 aliphatic heterocycles.